The Balaban J connectivity index is 1.56. The molecule has 7 heteroatoms. The molecule has 1 fully saturated rings. The van der Waals surface area contributed by atoms with Gasteiger partial charge in [-0.15, -0.1) is 11.3 Å². The Morgan fingerprint density at radius 3 is 2.30 bits per heavy atom. The summed E-state index contributed by atoms with van der Waals surface area (Å²) in [4.78, 5) is 15.7. The van der Waals surface area contributed by atoms with Gasteiger partial charge in [0.05, 0.1) is 4.90 Å². The highest BCUT2D eigenvalue weighted by molar-refractivity contribution is 7.89. The molecule has 5 nitrogen and oxygen atoms in total. The standard InChI is InChI=1S/C20H26N2O3S2/c1-16(2)17-5-8-19(9-6-17)27(24,25)22-13-11-21(12-14-22)20(23)10-7-18-4-3-15-26-18/h3-6,8-9,15-16H,7,10-14H2,1-2H3. The fourth-order valence-electron chi connectivity index (χ4n) is 3.19. The second-order valence-electron chi connectivity index (χ2n) is 7.09. The molecular weight excluding hydrogens is 380 g/mol. The van der Waals surface area contributed by atoms with Gasteiger partial charge in [0.25, 0.3) is 0 Å². The third-order valence-electron chi connectivity index (χ3n) is 4.94. The summed E-state index contributed by atoms with van der Waals surface area (Å²) in [5.41, 5.74) is 1.12. The first-order valence-corrected chi connectivity index (χ1v) is 11.6. The minimum atomic E-state index is -3.50. The molecule has 0 radical (unpaired) electrons. The van der Waals surface area contributed by atoms with Crippen LogP contribution in [0.2, 0.25) is 0 Å². The molecule has 1 aliphatic heterocycles. The summed E-state index contributed by atoms with van der Waals surface area (Å²) in [6, 6.07) is 11.1. The van der Waals surface area contributed by atoms with Gasteiger partial charge in [-0.2, -0.15) is 4.31 Å². The number of hydrogen-bond acceptors (Lipinski definition) is 4. The van der Waals surface area contributed by atoms with E-state index in [2.05, 4.69) is 13.8 Å². The highest BCUT2D eigenvalue weighted by Gasteiger charge is 2.30. The molecule has 0 aliphatic carbocycles. The molecule has 1 aliphatic rings. The number of carbonyl (C=O) groups excluding carboxylic acids is 1. The van der Waals surface area contributed by atoms with Gasteiger partial charge in [-0.3, -0.25) is 4.79 Å². The van der Waals surface area contributed by atoms with Gasteiger partial charge in [0.2, 0.25) is 15.9 Å². The van der Waals surface area contributed by atoms with Crippen LogP contribution in [0.1, 0.15) is 36.6 Å². The molecule has 0 spiro atoms. The zero-order valence-electron chi connectivity index (χ0n) is 15.8. The van der Waals surface area contributed by atoms with Crippen molar-refractivity contribution in [2.75, 3.05) is 26.2 Å². The molecule has 146 valence electrons. The predicted octanol–water partition coefficient (Wildman–Crippen LogP) is 3.34. The third-order valence-corrected chi connectivity index (χ3v) is 7.79. The van der Waals surface area contributed by atoms with Crippen LogP contribution in [0, 0.1) is 0 Å². The second kappa shape index (κ2) is 8.54. The van der Waals surface area contributed by atoms with Crippen molar-refractivity contribution in [2.45, 2.75) is 37.5 Å². The molecule has 0 bridgehead atoms. The van der Waals surface area contributed by atoms with Crippen LogP contribution in [0.15, 0.2) is 46.7 Å². The third kappa shape index (κ3) is 4.78. The van der Waals surface area contributed by atoms with Crippen LogP contribution in [0.25, 0.3) is 0 Å². The zero-order chi connectivity index (χ0) is 19.4. The number of aryl methyl sites for hydroxylation is 1. The first-order valence-electron chi connectivity index (χ1n) is 9.28. The molecule has 27 heavy (non-hydrogen) atoms. The van der Waals surface area contributed by atoms with E-state index in [9.17, 15) is 13.2 Å². The summed E-state index contributed by atoms with van der Waals surface area (Å²) in [5.74, 6) is 0.465. The second-order valence-corrected chi connectivity index (χ2v) is 10.1. The molecule has 0 atom stereocenters. The van der Waals surface area contributed by atoms with Crippen LogP contribution in [-0.2, 0) is 21.2 Å². The Labute approximate surface area is 165 Å². The van der Waals surface area contributed by atoms with Crippen LogP contribution in [0.4, 0.5) is 0 Å². The Kier molecular flexibility index (Phi) is 6.34. The number of nitrogens with zero attached hydrogens (tertiary/aromatic N) is 2. The number of sulfonamides is 1. The lowest BCUT2D eigenvalue weighted by atomic mass is 10.0. The summed E-state index contributed by atoms with van der Waals surface area (Å²) in [5, 5.41) is 2.01. The van der Waals surface area contributed by atoms with Gasteiger partial charge in [0.15, 0.2) is 0 Å². The number of piperazine rings is 1. The molecule has 1 amide bonds. The summed E-state index contributed by atoms with van der Waals surface area (Å²) < 4.78 is 27.2. The average Bonchev–Trinajstić information content (AvgIpc) is 3.20. The number of rotatable bonds is 6. The van der Waals surface area contributed by atoms with Gasteiger partial charge >= 0.3 is 0 Å². The lowest BCUT2D eigenvalue weighted by molar-refractivity contribution is -0.132. The first kappa shape index (κ1) is 20.0. The van der Waals surface area contributed by atoms with Crippen molar-refractivity contribution in [2.24, 2.45) is 0 Å². The van der Waals surface area contributed by atoms with E-state index in [1.807, 2.05) is 29.6 Å². The van der Waals surface area contributed by atoms with Crippen molar-refractivity contribution in [3.63, 3.8) is 0 Å². The van der Waals surface area contributed by atoms with Crippen molar-refractivity contribution in [1.82, 2.24) is 9.21 Å². The lowest BCUT2D eigenvalue weighted by Gasteiger charge is -2.34. The highest BCUT2D eigenvalue weighted by Crippen LogP contribution is 2.21. The Morgan fingerprint density at radius 1 is 1.07 bits per heavy atom. The number of amides is 1. The smallest absolute Gasteiger partial charge is 0.243 e. The molecule has 1 aromatic heterocycles. The SMILES string of the molecule is CC(C)c1ccc(S(=O)(=O)N2CCN(C(=O)CCc3cccs3)CC2)cc1. The van der Waals surface area contributed by atoms with E-state index in [0.717, 1.165) is 12.0 Å². The van der Waals surface area contributed by atoms with Crippen molar-refractivity contribution >= 4 is 27.3 Å². The lowest BCUT2D eigenvalue weighted by Crippen LogP contribution is -2.50. The fraction of sp³-hybridized carbons (Fsp3) is 0.450. The summed E-state index contributed by atoms with van der Waals surface area (Å²) >= 11 is 1.66. The van der Waals surface area contributed by atoms with Crippen molar-refractivity contribution in [3.05, 3.63) is 52.2 Å². The van der Waals surface area contributed by atoms with E-state index in [1.165, 1.54) is 9.18 Å². The normalized spacial score (nSPS) is 16.0. The Bertz CT molecular complexity index is 851. The Hall–Kier alpha value is -1.70. The highest BCUT2D eigenvalue weighted by atomic mass is 32.2. The van der Waals surface area contributed by atoms with Crippen LogP contribution in [0.5, 0.6) is 0 Å². The molecule has 0 N–H and O–H groups in total. The maximum Gasteiger partial charge on any atom is 0.243 e. The Morgan fingerprint density at radius 2 is 1.74 bits per heavy atom. The van der Waals surface area contributed by atoms with E-state index in [-0.39, 0.29) is 5.91 Å². The van der Waals surface area contributed by atoms with Gasteiger partial charge < -0.3 is 4.90 Å². The van der Waals surface area contributed by atoms with Crippen LogP contribution >= 0.6 is 11.3 Å². The number of carbonyl (C=O) groups is 1. The average molecular weight is 407 g/mol. The summed E-state index contributed by atoms with van der Waals surface area (Å²) in [6.07, 6.45) is 1.22. The minimum Gasteiger partial charge on any atom is -0.340 e. The maximum atomic E-state index is 12.8. The van der Waals surface area contributed by atoms with Gasteiger partial charge in [-0.25, -0.2) is 8.42 Å². The van der Waals surface area contributed by atoms with Crippen LogP contribution in [0.3, 0.4) is 0 Å². The quantitative estimate of drug-likeness (QED) is 0.739. The van der Waals surface area contributed by atoms with E-state index in [0.29, 0.717) is 43.4 Å². The predicted molar refractivity (Wildman–Crippen MR) is 109 cm³/mol. The minimum absolute atomic E-state index is 0.0988. The van der Waals surface area contributed by atoms with Crippen LogP contribution in [-0.4, -0.2) is 49.7 Å². The van der Waals surface area contributed by atoms with E-state index in [1.54, 1.807) is 28.4 Å². The largest absolute Gasteiger partial charge is 0.340 e. The zero-order valence-corrected chi connectivity index (χ0v) is 17.4. The molecular formula is C20H26N2O3S2. The monoisotopic (exact) mass is 406 g/mol. The first-order chi connectivity index (χ1) is 12.9. The summed E-state index contributed by atoms with van der Waals surface area (Å²) in [7, 11) is -3.50. The van der Waals surface area contributed by atoms with Gasteiger partial charge in [0.1, 0.15) is 0 Å². The van der Waals surface area contributed by atoms with Crippen LogP contribution < -0.4 is 0 Å². The van der Waals surface area contributed by atoms with Gasteiger partial charge in [0, 0.05) is 37.5 Å². The topological polar surface area (TPSA) is 57.7 Å². The molecule has 0 saturated carbocycles. The number of thiophene rings is 1. The van der Waals surface area contributed by atoms with E-state index in [4.69, 9.17) is 0 Å². The fourth-order valence-corrected chi connectivity index (χ4v) is 5.33. The molecule has 2 aromatic rings. The van der Waals surface area contributed by atoms with E-state index >= 15 is 0 Å². The molecule has 0 unspecified atom stereocenters. The van der Waals surface area contributed by atoms with E-state index < -0.39 is 10.0 Å². The molecule has 2 heterocycles. The maximum absolute atomic E-state index is 12.8. The number of benzene rings is 1. The summed E-state index contributed by atoms with van der Waals surface area (Å²) in [6.45, 7) is 5.76. The van der Waals surface area contributed by atoms with Gasteiger partial charge in [-0.1, -0.05) is 32.0 Å². The van der Waals surface area contributed by atoms with Gasteiger partial charge in [-0.05, 0) is 41.5 Å². The molecule has 1 saturated heterocycles. The van der Waals surface area contributed by atoms with Crippen molar-refractivity contribution < 1.29 is 13.2 Å². The molecule has 3 rings (SSSR count). The number of hydrogen-bond donors (Lipinski definition) is 0. The molecule has 1 aromatic carbocycles. The van der Waals surface area contributed by atoms with Crippen molar-refractivity contribution in [3.8, 4) is 0 Å². The van der Waals surface area contributed by atoms with Crippen molar-refractivity contribution in [1.29, 1.82) is 0 Å².